The third-order valence-electron chi connectivity index (χ3n) is 6.40. The molecule has 0 unspecified atom stereocenters. The minimum atomic E-state index is -0.406. The number of methoxy groups -OCH3 is 1. The van der Waals surface area contributed by atoms with Crippen molar-refractivity contribution in [3.05, 3.63) is 57.9 Å². The van der Waals surface area contributed by atoms with E-state index < -0.39 is 4.92 Å². The maximum Gasteiger partial charge on any atom is 0.294 e. The molecule has 1 aliphatic rings. The number of aromatic nitrogens is 2. The molecule has 12 nitrogen and oxygen atoms in total. The Kier molecular flexibility index (Phi) is 9.13. The van der Waals surface area contributed by atoms with Gasteiger partial charge in [0.2, 0.25) is 0 Å². The first-order valence-corrected chi connectivity index (χ1v) is 13.0. The van der Waals surface area contributed by atoms with E-state index in [1.165, 1.54) is 19.5 Å². The van der Waals surface area contributed by atoms with Gasteiger partial charge in [-0.25, -0.2) is 9.97 Å². The Bertz CT molecular complexity index is 1350. The van der Waals surface area contributed by atoms with Crippen LogP contribution in [0.4, 0.5) is 34.4 Å². The van der Waals surface area contributed by atoms with E-state index in [0.29, 0.717) is 71.6 Å². The van der Waals surface area contributed by atoms with Crippen LogP contribution in [0.2, 0.25) is 5.02 Å². The summed E-state index contributed by atoms with van der Waals surface area (Å²) in [6, 6.07) is 10.2. The molecule has 2 aromatic carbocycles. The Balaban J connectivity index is 1.49. The third-order valence-corrected chi connectivity index (χ3v) is 6.69. The van der Waals surface area contributed by atoms with Crippen LogP contribution in [0.1, 0.15) is 6.92 Å². The average molecular weight is 572 g/mol. The zero-order valence-electron chi connectivity index (χ0n) is 23.2. The second-order valence-corrected chi connectivity index (χ2v) is 10.7. The molecule has 0 atom stereocenters. The van der Waals surface area contributed by atoms with Gasteiger partial charge in [-0.1, -0.05) is 18.5 Å². The van der Waals surface area contributed by atoms with Crippen molar-refractivity contribution in [3.63, 3.8) is 0 Å². The molecule has 0 radical (unpaired) electrons. The van der Waals surface area contributed by atoms with E-state index in [0.717, 1.165) is 6.54 Å². The topological polar surface area (TPSA) is 127 Å². The number of ether oxygens (including phenoxy) is 3. The van der Waals surface area contributed by atoms with E-state index in [1.54, 1.807) is 24.3 Å². The quantitative estimate of drug-likeness (QED) is 0.214. The van der Waals surface area contributed by atoms with Crippen molar-refractivity contribution in [1.29, 1.82) is 0 Å². The fourth-order valence-corrected chi connectivity index (χ4v) is 4.24. The smallest absolute Gasteiger partial charge is 0.294 e. The molecule has 1 fully saturated rings. The van der Waals surface area contributed by atoms with Gasteiger partial charge in [0.25, 0.3) is 5.69 Å². The summed E-state index contributed by atoms with van der Waals surface area (Å²) >= 11 is 6.45. The predicted molar refractivity (Wildman–Crippen MR) is 156 cm³/mol. The summed E-state index contributed by atoms with van der Waals surface area (Å²) in [5, 5.41) is 18.7. The Morgan fingerprint density at radius 1 is 1.07 bits per heavy atom. The molecule has 40 heavy (non-hydrogen) atoms. The fraction of sp³-hybridized carbons (Fsp3) is 0.407. The third kappa shape index (κ3) is 7.20. The van der Waals surface area contributed by atoms with Crippen molar-refractivity contribution >= 4 is 46.0 Å². The molecule has 2 N–H and O–H groups in total. The number of hydrogen-bond donors (Lipinski definition) is 2. The Hall–Kier alpha value is -3.87. The standard InChI is InChI=1S/C27H34ClN7O5/c1-27(14-39-15-27)16-40-23-7-6-18(10-19(23)28)31-25-13-26(30-17-29-25)32-20-11-22(35(36)37)21(12-24(20)38-5)34(4)9-8-33(2)3/h6-7,10-13,17H,8-9,14-16H2,1-5H3,(H2,29,30,31,32). The van der Waals surface area contributed by atoms with Gasteiger partial charge in [-0.3, -0.25) is 10.1 Å². The van der Waals surface area contributed by atoms with Crippen LogP contribution in [0.25, 0.3) is 0 Å². The van der Waals surface area contributed by atoms with E-state index in [9.17, 15) is 10.1 Å². The first-order chi connectivity index (χ1) is 19.1. The number of anilines is 5. The van der Waals surface area contributed by atoms with E-state index in [1.807, 2.05) is 37.0 Å². The number of nitrogens with zero attached hydrogens (tertiary/aromatic N) is 5. The second kappa shape index (κ2) is 12.5. The Morgan fingerprint density at radius 2 is 1.80 bits per heavy atom. The van der Waals surface area contributed by atoms with Crippen LogP contribution in [-0.2, 0) is 4.74 Å². The highest BCUT2D eigenvalue weighted by atomic mass is 35.5. The van der Waals surface area contributed by atoms with Crippen molar-refractivity contribution in [2.24, 2.45) is 5.41 Å². The Labute approximate surface area is 238 Å². The number of nitro groups is 1. The Morgan fingerprint density at radius 3 is 2.40 bits per heavy atom. The zero-order valence-corrected chi connectivity index (χ0v) is 24.0. The monoisotopic (exact) mass is 571 g/mol. The average Bonchev–Trinajstić information content (AvgIpc) is 2.90. The number of nitro benzene ring substituents is 1. The van der Waals surface area contributed by atoms with Gasteiger partial charge in [-0.05, 0) is 32.3 Å². The zero-order chi connectivity index (χ0) is 28.9. The second-order valence-electron chi connectivity index (χ2n) is 10.3. The molecule has 0 spiro atoms. The van der Waals surface area contributed by atoms with Gasteiger partial charge in [0.05, 0.1) is 42.6 Å². The van der Waals surface area contributed by atoms with Crippen LogP contribution in [0.15, 0.2) is 42.7 Å². The first-order valence-electron chi connectivity index (χ1n) is 12.7. The molecule has 214 valence electrons. The molecule has 0 bridgehead atoms. The summed E-state index contributed by atoms with van der Waals surface area (Å²) in [6.07, 6.45) is 1.38. The lowest BCUT2D eigenvalue weighted by molar-refractivity contribution is -0.384. The number of nitrogens with one attached hydrogen (secondary N) is 2. The first kappa shape index (κ1) is 29.1. The SMILES string of the molecule is COc1cc(N(C)CCN(C)C)c([N+](=O)[O-])cc1Nc1cc(Nc2ccc(OCC3(C)COC3)c(Cl)c2)ncn1. The minimum Gasteiger partial charge on any atom is -0.494 e. The number of likely N-dealkylation sites (N-methyl/N-ethyl adjacent to an activating group) is 2. The lowest BCUT2D eigenvalue weighted by Gasteiger charge is -2.37. The fourth-order valence-electron chi connectivity index (χ4n) is 4.01. The summed E-state index contributed by atoms with van der Waals surface area (Å²) in [5.41, 5.74) is 1.53. The van der Waals surface area contributed by atoms with E-state index in [4.69, 9.17) is 25.8 Å². The van der Waals surface area contributed by atoms with Crippen LogP contribution < -0.4 is 25.0 Å². The maximum absolute atomic E-state index is 11.9. The molecule has 4 rings (SSSR count). The highest BCUT2D eigenvalue weighted by Crippen LogP contribution is 2.39. The highest BCUT2D eigenvalue weighted by Gasteiger charge is 2.34. The summed E-state index contributed by atoms with van der Waals surface area (Å²) in [6.45, 7) is 5.32. The van der Waals surface area contributed by atoms with E-state index in [2.05, 4.69) is 27.5 Å². The van der Waals surface area contributed by atoms with Crippen LogP contribution >= 0.6 is 11.6 Å². The predicted octanol–water partition coefficient (Wildman–Crippen LogP) is 4.95. The van der Waals surface area contributed by atoms with Gasteiger partial charge < -0.3 is 34.6 Å². The van der Waals surface area contributed by atoms with Crippen LogP contribution in [0.3, 0.4) is 0 Å². The van der Waals surface area contributed by atoms with E-state index in [-0.39, 0.29) is 11.1 Å². The number of benzene rings is 2. The summed E-state index contributed by atoms with van der Waals surface area (Å²) in [7, 11) is 7.23. The van der Waals surface area contributed by atoms with Gasteiger partial charge >= 0.3 is 0 Å². The van der Waals surface area contributed by atoms with Gasteiger partial charge in [0.1, 0.15) is 35.1 Å². The number of rotatable bonds is 13. The molecule has 2 heterocycles. The summed E-state index contributed by atoms with van der Waals surface area (Å²) < 4.78 is 16.7. The maximum atomic E-state index is 11.9. The van der Waals surface area contributed by atoms with Gasteiger partial charge in [0, 0.05) is 49.4 Å². The van der Waals surface area contributed by atoms with Crippen LogP contribution in [-0.4, -0.2) is 81.0 Å². The van der Waals surface area contributed by atoms with Gasteiger partial charge in [-0.2, -0.15) is 0 Å². The van der Waals surface area contributed by atoms with Crippen molar-refractivity contribution < 1.29 is 19.1 Å². The highest BCUT2D eigenvalue weighted by molar-refractivity contribution is 6.32. The minimum absolute atomic E-state index is 0.00996. The molecular formula is C27H34ClN7O5. The molecule has 13 heteroatoms. The summed E-state index contributed by atoms with van der Waals surface area (Å²) in [5.74, 6) is 1.95. The van der Waals surface area contributed by atoms with Crippen molar-refractivity contribution in [2.75, 3.05) is 76.7 Å². The molecular weight excluding hydrogens is 538 g/mol. The molecule has 1 saturated heterocycles. The molecule has 1 aliphatic heterocycles. The number of halogens is 1. The van der Waals surface area contributed by atoms with Crippen molar-refractivity contribution in [3.8, 4) is 11.5 Å². The lowest BCUT2D eigenvalue weighted by atomic mass is 9.90. The summed E-state index contributed by atoms with van der Waals surface area (Å²) in [4.78, 5) is 23.9. The molecule has 3 aromatic rings. The molecule has 0 aliphatic carbocycles. The normalized spacial score (nSPS) is 13.9. The van der Waals surface area contributed by atoms with E-state index >= 15 is 0 Å². The molecule has 0 amide bonds. The van der Waals surface area contributed by atoms with Gasteiger partial charge in [0.15, 0.2) is 0 Å². The molecule has 1 aromatic heterocycles. The van der Waals surface area contributed by atoms with Crippen molar-refractivity contribution in [2.45, 2.75) is 6.92 Å². The van der Waals surface area contributed by atoms with Crippen molar-refractivity contribution in [1.82, 2.24) is 14.9 Å². The lowest BCUT2D eigenvalue weighted by Crippen LogP contribution is -2.44. The molecule has 0 saturated carbocycles. The van der Waals surface area contributed by atoms with Crippen LogP contribution in [0, 0.1) is 15.5 Å². The van der Waals surface area contributed by atoms with Crippen LogP contribution in [0.5, 0.6) is 11.5 Å². The number of hydrogen-bond acceptors (Lipinski definition) is 11. The largest absolute Gasteiger partial charge is 0.494 e. The van der Waals surface area contributed by atoms with Gasteiger partial charge in [-0.15, -0.1) is 0 Å².